The molecule has 10 aromatic carbocycles. The van der Waals surface area contributed by atoms with Crippen molar-refractivity contribution in [2.24, 2.45) is 0 Å². The molecule has 11 rings (SSSR count). The standard InChI is InChI=1S/C58H40N2O/c1-4-15-41(16-5-1)43-27-33-50(34-28-43)60(51-37-31-42-17-10-11-20-46(42)39-51)55-38-32-47(40-54(55)45-18-6-2-7-19-45)44-29-35-49(36-30-44)59(48-21-8-3-9-22-48)56-25-14-24-53-52-23-12-13-26-57(52)61-58(53)56/h1-40H. The average molecular weight is 781 g/mol. The van der Waals surface area contributed by atoms with Gasteiger partial charge in [0.1, 0.15) is 5.58 Å². The maximum atomic E-state index is 6.55. The fourth-order valence-corrected chi connectivity index (χ4v) is 8.65. The van der Waals surface area contributed by atoms with E-state index >= 15 is 0 Å². The first-order chi connectivity index (χ1) is 30.2. The average Bonchev–Trinajstić information content (AvgIpc) is 3.73. The van der Waals surface area contributed by atoms with Gasteiger partial charge in [0.25, 0.3) is 0 Å². The van der Waals surface area contributed by atoms with Crippen LogP contribution in [-0.2, 0) is 0 Å². The third-order valence-corrected chi connectivity index (χ3v) is 11.6. The molecule has 0 atom stereocenters. The number of fused-ring (bicyclic) bond motifs is 4. The smallest absolute Gasteiger partial charge is 0.159 e. The molecule has 11 aromatic rings. The Morgan fingerprint density at radius 1 is 0.279 bits per heavy atom. The van der Waals surface area contributed by atoms with Crippen molar-refractivity contribution in [3.8, 4) is 33.4 Å². The molecule has 0 saturated carbocycles. The molecule has 0 fully saturated rings. The topological polar surface area (TPSA) is 19.6 Å². The van der Waals surface area contributed by atoms with Crippen molar-refractivity contribution in [3.05, 3.63) is 243 Å². The van der Waals surface area contributed by atoms with Gasteiger partial charge in [-0.2, -0.15) is 0 Å². The molecule has 3 heteroatoms. The summed E-state index contributed by atoms with van der Waals surface area (Å²) < 4.78 is 6.55. The fourth-order valence-electron chi connectivity index (χ4n) is 8.65. The first-order valence-electron chi connectivity index (χ1n) is 20.7. The van der Waals surface area contributed by atoms with Gasteiger partial charge in [-0.15, -0.1) is 0 Å². The molecule has 0 unspecified atom stereocenters. The lowest BCUT2D eigenvalue weighted by molar-refractivity contribution is 0.669. The maximum Gasteiger partial charge on any atom is 0.159 e. The van der Waals surface area contributed by atoms with Crippen molar-refractivity contribution in [2.75, 3.05) is 9.80 Å². The number of para-hydroxylation sites is 3. The number of furan rings is 1. The van der Waals surface area contributed by atoms with Gasteiger partial charge in [0.05, 0.1) is 11.4 Å². The summed E-state index contributed by atoms with van der Waals surface area (Å²) >= 11 is 0. The first kappa shape index (κ1) is 36.0. The van der Waals surface area contributed by atoms with Gasteiger partial charge in [-0.3, -0.25) is 0 Å². The SMILES string of the molecule is c1ccc(-c2ccc(N(c3ccc4ccccc4c3)c3ccc(-c4ccc(N(c5ccccc5)c5cccc6c5oc5ccccc56)cc4)cc3-c3ccccc3)cc2)cc1. The van der Waals surface area contributed by atoms with E-state index < -0.39 is 0 Å². The lowest BCUT2D eigenvalue weighted by atomic mass is 9.95. The van der Waals surface area contributed by atoms with Crippen LogP contribution >= 0.6 is 0 Å². The molecular formula is C58H40N2O. The maximum absolute atomic E-state index is 6.55. The van der Waals surface area contributed by atoms with Gasteiger partial charge in [-0.25, -0.2) is 0 Å². The second kappa shape index (κ2) is 15.6. The third kappa shape index (κ3) is 6.78. The highest BCUT2D eigenvalue weighted by atomic mass is 16.3. The van der Waals surface area contributed by atoms with Crippen molar-refractivity contribution in [2.45, 2.75) is 0 Å². The van der Waals surface area contributed by atoms with Gasteiger partial charge < -0.3 is 14.2 Å². The molecule has 0 amide bonds. The van der Waals surface area contributed by atoms with E-state index in [-0.39, 0.29) is 0 Å². The Labute approximate surface area is 355 Å². The van der Waals surface area contributed by atoms with E-state index in [1.54, 1.807) is 0 Å². The molecule has 3 nitrogen and oxygen atoms in total. The zero-order valence-electron chi connectivity index (χ0n) is 33.4. The molecule has 0 N–H and O–H groups in total. The largest absolute Gasteiger partial charge is 0.454 e. The van der Waals surface area contributed by atoms with Crippen molar-refractivity contribution < 1.29 is 4.42 Å². The highest BCUT2D eigenvalue weighted by Gasteiger charge is 2.21. The van der Waals surface area contributed by atoms with Gasteiger partial charge in [0.2, 0.25) is 0 Å². The Balaban J connectivity index is 1.03. The molecule has 0 aliphatic carbocycles. The second-order valence-electron chi connectivity index (χ2n) is 15.3. The normalized spacial score (nSPS) is 11.3. The Kier molecular flexibility index (Phi) is 9.18. The second-order valence-corrected chi connectivity index (χ2v) is 15.3. The van der Waals surface area contributed by atoms with Gasteiger partial charge >= 0.3 is 0 Å². The van der Waals surface area contributed by atoms with E-state index in [1.165, 1.54) is 21.9 Å². The minimum atomic E-state index is 0.866. The van der Waals surface area contributed by atoms with Crippen LogP contribution in [0.3, 0.4) is 0 Å². The number of anilines is 6. The Bertz CT molecular complexity index is 3280. The molecule has 0 aliphatic rings. The predicted molar refractivity (Wildman–Crippen MR) is 257 cm³/mol. The lowest BCUT2D eigenvalue weighted by Crippen LogP contribution is -2.11. The van der Waals surface area contributed by atoms with E-state index in [4.69, 9.17) is 4.42 Å². The molecule has 288 valence electrons. The molecule has 0 radical (unpaired) electrons. The van der Waals surface area contributed by atoms with E-state index in [0.29, 0.717) is 0 Å². The summed E-state index contributed by atoms with van der Waals surface area (Å²) in [5, 5.41) is 4.63. The molecular weight excluding hydrogens is 741 g/mol. The summed E-state index contributed by atoms with van der Waals surface area (Å²) in [5.74, 6) is 0. The Morgan fingerprint density at radius 3 is 1.51 bits per heavy atom. The molecule has 1 heterocycles. The summed E-state index contributed by atoms with van der Waals surface area (Å²) in [6, 6.07) is 86.6. The monoisotopic (exact) mass is 780 g/mol. The molecule has 61 heavy (non-hydrogen) atoms. The van der Waals surface area contributed by atoms with Crippen LogP contribution in [0, 0.1) is 0 Å². The summed E-state index contributed by atoms with van der Waals surface area (Å²) in [6.45, 7) is 0. The van der Waals surface area contributed by atoms with Crippen molar-refractivity contribution in [1.29, 1.82) is 0 Å². The minimum Gasteiger partial charge on any atom is -0.454 e. The van der Waals surface area contributed by atoms with E-state index in [9.17, 15) is 0 Å². The fraction of sp³-hybridized carbons (Fsp3) is 0. The number of rotatable bonds is 9. The van der Waals surface area contributed by atoms with Gasteiger partial charge in [0, 0.05) is 39.1 Å². The predicted octanol–water partition coefficient (Wildman–Crippen LogP) is 16.7. The van der Waals surface area contributed by atoms with Crippen LogP contribution in [0.2, 0.25) is 0 Å². The van der Waals surface area contributed by atoms with Crippen molar-refractivity contribution in [1.82, 2.24) is 0 Å². The lowest BCUT2D eigenvalue weighted by Gasteiger charge is -2.29. The van der Waals surface area contributed by atoms with Crippen LogP contribution in [0.15, 0.2) is 247 Å². The first-order valence-corrected chi connectivity index (χ1v) is 20.7. The third-order valence-electron chi connectivity index (χ3n) is 11.6. The number of hydrogen-bond donors (Lipinski definition) is 0. The van der Waals surface area contributed by atoms with Crippen LogP contribution in [0.4, 0.5) is 34.1 Å². The van der Waals surface area contributed by atoms with E-state index in [1.807, 2.05) is 12.1 Å². The van der Waals surface area contributed by atoms with Gasteiger partial charge in [-0.05, 0) is 111 Å². The quantitative estimate of drug-likeness (QED) is 0.145. The molecule has 1 aromatic heterocycles. The zero-order valence-corrected chi connectivity index (χ0v) is 33.4. The van der Waals surface area contributed by atoms with Crippen molar-refractivity contribution in [3.63, 3.8) is 0 Å². The number of nitrogens with zero attached hydrogens (tertiary/aromatic N) is 2. The Morgan fingerprint density at radius 2 is 0.787 bits per heavy atom. The molecule has 0 spiro atoms. The van der Waals surface area contributed by atoms with Crippen LogP contribution in [-0.4, -0.2) is 0 Å². The minimum absolute atomic E-state index is 0.866. The van der Waals surface area contributed by atoms with E-state index in [2.05, 4.69) is 240 Å². The van der Waals surface area contributed by atoms with Crippen LogP contribution < -0.4 is 9.80 Å². The number of benzene rings is 10. The molecule has 0 aliphatic heterocycles. The summed E-state index contributed by atoms with van der Waals surface area (Å²) in [5.41, 5.74) is 15.1. The highest BCUT2D eigenvalue weighted by Crippen LogP contribution is 2.45. The van der Waals surface area contributed by atoms with Crippen molar-refractivity contribution >= 4 is 66.8 Å². The van der Waals surface area contributed by atoms with E-state index in [0.717, 1.165) is 78.3 Å². The van der Waals surface area contributed by atoms with Crippen LogP contribution in [0.5, 0.6) is 0 Å². The van der Waals surface area contributed by atoms with Gasteiger partial charge in [-0.1, -0.05) is 170 Å². The van der Waals surface area contributed by atoms with Crippen LogP contribution in [0.25, 0.3) is 66.1 Å². The summed E-state index contributed by atoms with van der Waals surface area (Å²) in [7, 11) is 0. The zero-order chi connectivity index (χ0) is 40.5. The van der Waals surface area contributed by atoms with Gasteiger partial charge in [0.15, 0.2) is 5.58 Å². The summed E-state index contributed by atoms with van der Waals surface area (Å²) in [4.78, 5) is 4.68. The summed E-state index contributed by atoms with van der Waals surface area (Å²) in [6.07, 6.45) is 0. The highest BCUT2D eigenvalue weighted by molar-refractivity contribution is 6.10. The molecule has 0 bridgehead atoms. The van der Waals surface area contributed by atoms with Crippen LogP contribution in [0.1, 0.15) is 0 Å². The Hall–Kier alpha value is -8.14. The molecule has 0 saturated heterocycles. The number of hydrogen-bond acceptors (Lipinski definition) is 3.